The Morgan fingerprint density at radius 3 is 2.71 bits per heavy atom. The molecule has 1 atom stereocenters. The molecule has 0 bridgehead atoms. The summed E-state index contributed by atoms with van der Waals surface area (Å²) < 4.78 is 5.29. The van der Waals surface area contributed by atoms with Gasteiger partial charge in [0.15, 0.2) is 0 Å². The maximum atomic E-state index is 8.79. The lowest BCUT2D eigenvalue weighted by atomic mass is 10.3. The maximum absolute atomic E-state index is 8.79. The summed E-state index contributed by atoms with van der Waals surface area (Å²) in [6, 6.07) is 8.63. The molecule has 0 aromatic heterocycles. The first-order valence-corrected chi connectivity index (χ1v) is 4.19. The molecule has 0 radical (unpaired) electrons. The van der Waals surface area contributed by atoms with Gasteiger partial charge in [0.05, 0.1) is 19.3 Å². The summed E-state index contributed by atoms with van der Waals surface area (Å²) in [5.41, 5.74) is 8.16. The zero-order valence-electron chi connectivity index (χ0n) is 7.58. The molecule has 0 aliphatic carbocycles. The lowest BCUT2D eigenvalue weighted by Gasteiger charge is -2.09. The first-order valence-electron chi connectivity index (χ1n) is 4.19. The van der Waals surface area contributed by atoms with Crippen molar-refractivity contribution in [3.05, 3.63) is 40.8 Å². The molecule has 5 heteroatoms. The SMILES string of the molecule is [N-]=[N+]=N[C@H](CO)COc1ccccc1. The van der Waals surface area contributed by atoms with Gasteiger partial charge in [0.1, 0.15) is 5.75 Å². The van der Waals surface area contributed by atoms with Crippen molar-refractivity contribution in [2.75, 3.05) is 13.2 Å². The molecular weight excluding hydrogens is 182 g/mol. The van der Waals surface area contributed by atoms with Crippen LogP contribution in [-0.4, -0.2) is 24.4 Å². The number of hydrogen-bond donors (Lipinski definition) is 1. The topological polar surface area (TPSA) is 78.2 Å². The van der Waals surface area contributed by atoms with Crippen molar-refractivity contribution in [3.8, 4) is 5.75 Å². The fraction of sp³-hybridized carbons (Fsp3) is 0.333. The van der Waals surface area contributed by atoms with Crippen molar-refractivity contribution in [1.82, 2.24) is 0 Å². The quantitative estimate of drug-likeness (QED) is 0.439. The second-order valence-corrected chi connectivity index (χ2v) is 2.67. The van der Waals surface area contributed by atoms with Gasteiger partial charge < -0.3 is 9.84 Å². The van der Waals surface area contributed by atoms with Crippen LogP contribution in [-0.2, 0) is 0 Å². The van der Waals surface area contributed by atoms with E-state index in [0.717, 1.165) is 0 Å². The normalized spacial score (nSPS) is 11.5. The predicted octanol–water partition coefficient (Wildman–Crippen LogP) is 1.74. The van der Waals surface area contributed by atoms with Gasteiger partial charge in [-0.1, -0.05) is 23.3 Å². The average Bonchev–Trinajstić information content (AvgIpc) is 2.25. The summed E-state index contributed by atoms with van der Waals surface area (Å²) in [6.07, 6.45) is 0. The van der Waals surface area contributed by atoms with Crippen LogP contribution in [0.3, 0.4) is 0 Å². The number of hydrogen-bond acceptors (Lipinski definition) is 3. The Morgan fingerprint density at radius 2 is 2.14 bits per heavy atom. The molecule has 1 aromatic rings. The summed E-state index contributed by atoms with van der Waals surface area (Å²) in [7, 11) is 0. The minimum atomic E-state index is -0.528. The summed E-state index contributed by atoms with van der Waals surface area (Å²) in [5.74, 6) is 0.694. The average molecular weight is 193 g/mol. The molecular formula is C9H11N3O2. The molecule has 74 valence electrons. The van der Waals surface area contributed by atoms with Gasteiger partial charge in [-0.25, -0.2) is 0 Å². The van der Waals surface area contributed by atoms with Crippen molar-refractivity contribution in [2.24, 2.45) is 5.11 Å². The van der Waals surface area contributed by atoms with E-state index in [1.165, 1.54) is 0 Å². The van der Waals surface area contributed by atoms with Crippen LogP contribution in [0.4, 0.5) is 0 Å². The second-order valence-electron chi connectivity index (χ2n) is 2.67. The van der Waals surface area contributed by atoms with E-state index in [1.807, 2.05) is 18.2 Å². The third kappa shape index (κ3) is 3.35. The van der Waals surface area contributed by atoms with Gasteiger partial charge in [-0.05, 0) is 17.7 Å². The van der Waals surface area contributed by atoms with Crippen LogP contribution in [0.1, 0.15) is 0 Å². The van der Waals surface area contributed by atoms with Gasteiger partial charge in [0.25, 0.3) is 0 Å². The highest BCUT2D eigenvalue weighted by atomic mass is 16.5. The molecule has 0 heterocycles. The standard InChI is InChI=1S/C9H11N3O2/c10-12-11-8(6-13)7-14-9-4-2-1-3-5-9/h1-5,8,13H,6-7H2/t8-/m1/s1. The van der Waals surface area contributed by atoms with Crippen LogP contribution < -0.4 is 4.74 Å². The fourth-order valence-corrected chi connectivity index (χ4v) is 0.905. The Morgan fingerprint density at radius 1 is 1.43 bits per heavy atom. The van der Waals surface area contributed by atoms with Gasteiger partial charge in [0, 0.05) is 4.91 Å². The number of aliphatic hydroxyl groups is 1. The van der Waals surface area contributed by atoms with E-state index in [9.17, 15) is 0 Å². The fourth-order valence-electron chi connectivity index (χ4n) is 0.905. The second kappa shape index (κ2) is 5.85. The summed E-state index contributed by atoms with van der Waals surface area (Å²) >= 11 is 0. The van der Waals surface area contributed by atoms with Gasteiger partial charge >= 0.3 is 0 Å². The summed E-state index contributed by atoms with van der Waals surface area (Å²) in [4.78, 5) is 2.60. The van der Waals surface area contributed by atoms with Crippen molar-refractivity contribution in [1.29, 1.82) is 0 Å². The lowest BCUT2D eigenvalue weighted by Crippen LogP contribution is -2.19. The van der Waals surface area contributed by atoms with Gasteiger partial charge in [0.2, 0.25) is 0 Å². The zero-order chi connectivity index (χ0) is 10.2. The summed E-state index contributed by atoms with van der Waals surface area (Å²) in [5, 5.41) is 12.2. The van der Waals surface area contributed by atoms with Crippen LogP contribution >= 0.6 is 0 Å². The first-order chi connectivity index (χ1) is 6.86. The number of aliphatic hydroxyl groups excluding tert-OH is 1. The third-order valence-electron chi connectivity index (χ3n) is 1.61. The number of benzene rings is 1. The Kier molecular flexibility index (Phi) is 4.34. The van der Waals surface area contributed by atoms with E-state index in [4.69, 9.17) is 15.4 Å². The molecule has 0 saturated heterocycles. The molecule has 0 amide bonds. The molecule has 1 rings (SSSR count). The molecule has 0 fully saturated rings. The zero-order valence-corrected chi connectivity index (χ0v) is 7.58. The van der Waals surface area contributed by atoms with Crippen molar-refractivity contribution < 1.29 is 9.84 Å². The van der Waals surface area contributed by atoms with E-state index in [0.29, 0.717) is 5.75 Å². The van der Waals surface area contributed by atoms with Crippen LogP contribution in [0.2, 0.25) is 0 Å². The molecule has 0 aliphatic heterocycles. The van der Waals surface area contributed by atoms with E-state index >= 15 is 0 Å². The number of para-hydroxylation sites is 1. The van der Waals surface area contributed by atoms with Gasteiger partial charge in [-0.3, -0.25) is 0 Å². The van der Waals surface area contributed by atoms with Crippen LogP contribution in [0.25, 0.3) is 10.4 Å². The lowest BCUT2D eigenvalue weighted by molar-refractivity contribution is 0.206. The Hall–Kier alpha value is -1.71. The van der Waals surface area contributed by atoms with Gasteiger partial charge in [-0.15, -0.1) is 0 Å². The molecule has 0 spiro atoms. The predicted molar refractivity (Wildman–Crippen MR) is 52.0 cm³/mol. The number of azide groups is 1. The highest BCUT2D eigenvalue weighted by molar-refractivity contribution is 5.20. The van der Waals surface area contributed by atoms with Crippen LogP contribution in [0, 0.1) is 0 Å². The van der Waals surface area contributed by atoms with Crippen molar-refractivity contribution in [2.45, 2.75) is 6.04 Å². The molecule has 0 unspecified atom stereocenters. The van der Waals surface area contributed by atoms with Crippen molar-refractivity contribution in [3.63, 3.8) is 0 Å². The van der Waals surface area contributed by atoms with E-state index < -0.39 is 6.04 Å². The highest BCUT2D eigenvalue weighted by Gasteiger charge is 2.04. The monoisotopic (exact) mass is 193 g/mol. The molecule has 5 nitrogen and oxygen atoms in total. The number of ether oxygens (including phenoxy) is 1. The Labute approximate surface area is 81.6 Å². The van der Waals surface area contributed by atoms with Gasteiger partial charge in [-0.2, -0.15) is 0 Å². The molecule has 0 saturated carbocycles. The Bertz CT molecular complexity index is 309. The van der Waals surface area contributed by atoms with Crippen LogP contribution in [0.5, 0.6) is 5.75 Å². The van der Waals surface area contributed by atoms with Crippen molar-refractivity contribution >= 4 is 0 Å². The minimum absolute atomic E-state index is 0.185. The smallest absolute Gasteiger partial charge is 0.119 e. The Balaban J connectivity index is 2.43. The summed E-state index contributed by atoms with van der Waals surface area (Å²) in [6.45, 7) is -0.0263. The highest BCUT2D eigenvalue weighted by Crippen LogP contribution is 2.08. The molecule has 0 aliphatic rings. The third-order valence-corrected chi connectivity index (χ3v) is 1.61. The maximum Gasteiger partial charge on any atom is 0.119 e. The molecule has 1 N–H and O–H groups in total. The molecule has 1 aromatic carbocycles. The van der Waals surface area contributed by atoms with E-state index in [2.05, 4.69) is 10.0 Å². The number of rotatable bonds is 5. The largest absolute Gasteiger partial charge is 0.493 e. The molecule has 14 heavy (non-hydrogen) atoms. The van der Waals surface area contributed by atoms with E-state index in [-0.39, 0.29) is 13.2 Å². The van der Waals surface area contributed by atoms with E-state index in [1.54, 1.807) is 12.1 Å². The minimum Gasteiger partial charge on any atom is -0.493 e. The first kappa shape index (κ1) is 10.4. The number of nitrogens with zero attached hydrogens (tertiary/aromatic N) is 3. The van der Waals surface area contributed by atoms with Crippen LogP contribution in [0.15, 0.2) is 35.4 Å².